The van der Waals surface area contributed by atoms with Crippen molar-refractivity contribution in [3.63, 3.8) is 0 Å². The molecule has 0 fully saturated rings. The molecule has 11 heteroatoms. The third-order valence-electron chi connectivity index (χ3n) is 3.73. The van der Waals surface area contributed by atoms with Crippen LogP contribution in [0.5, 0.6) is 0 Å². The van der Waals surface area contributed by atoms with Gasteiger partial charge in [-0.3, -0.25) is 33.5 Å². The molecule has 0 aromatic heterocycles. The summed E-state index contributed by atoms with van der Waals surface area (Å²) in [5.41, 5.74) is 0. The number of amides is 4. The molecule has 2 heterocycles. The molecule has 2 rings (SSSR count). The van der Waals surface area contributed by atoms with Gasteiger partial charge in [-0.2, -0.15) is 0 Å². The number of hydrogen-bond acceptors (Lipinski definition) is 5. The van der Waals surface area contributed by atoms with E-state index in [0.29, 0.717) is 12.8 Å². The normalized spacial score (nSPS) is 17.7. The van der Waals surface area contributed by atoms with E-state index in [4.69, 9.17) is 22.5 Å². The monoisotopic (exact) mass is 407 g/mol. The van der Waals surface area contributed by atoms with E-state index in [9.17, 15) is 23.7 Å². The SMILES string of the molecule is O=C1C=CC(=O)N1CCCN(CCCN1C(=O)C=CC1=O)P(=O)(Cl)Cl. The molecule has 0 unspecified atom stereocenters. The van der Waals surface area contributed by atoms with Crippen molar-refractivity contribution in [3.8, 4) is 0 Å². The molecule has 25 heavy (non-hydrogen) atoms. The molecule has 2 aliphatic heterocycles. The number of nitrogens with zero attached hydrogens (tertiary/aromatic N) is 3. The molecule has 0 aromatic carbocycles. The highest BCUT2D eigenvalue weighted by Crippen LogP contribution is 2.59. The Hall–Kier alpha value is -1.47. The highest BCUT2D eigenvalue weighted by molar-refractivity contribution is 8.06. The van der Waals surface area contributed by atoms with Crippen molar-refractivity contribution in [1.29, 1.82) is 0 Å². The summed E-state index contributed by atoms with van der Waals surface area (Å²) < 4.78 is 13.3. The highest BCUT2D eigenvalue weighted by Gasteiger charge is 2.28. The Labute approximate surface area is 154 Å². The molecule has 8 nitrogen and oxygen atoms in total. The van der Waals surface area contributed by atoms with Crippen LogP contribution in [0.4, 0.5) is 0 Å². The summed E-state index contributed by atoms with van der Waals surface area (Å²) in [5.74, 6) is -5.16. The van der Waals surface area contributed by atoms with Crippen molar-refractivity contribution >= 4 is 52.1 Å². The molecule has 4 amide bonds. The number of carbonyl (C=O) groups is 4. The minimum Gasteiger partial charge on any atom is -0.275 e. The fourth-order valence-electron chi connectivity index (χ4n) is 2.47. The van der Waals surface area contributed by atoms with E-state index >= 15 is 0 Å². The fraction of sp³-hybridized carbons (Fsp3) is 0.429. The van der Waals surface area contributed by atoms with Crippen molar-refractivity contribution in [2.75, 3.05) is 26.2 Å². The molecule has 0 spiro atoms. The summed E-state index contributed by atoms with van der Waals surface area (Å²) >= 11 is 11.5. The molecule has 0 saturated heterocycles. The van der Waals surface area contributed by atoms with Gasteiger partial charge >= 0.3 is 6.00 Å². The van der Waals surface area contributed by atoms with Crippen LogP contribution in [0.1, 0.15) is 12.8 Å². The third-order valence-corrected chi connectivity index (χ3v) is 6.07. The Morgan fingerprint density at radius 3 is 1.36 bits per heavy atom. The lowest BCUT2D eigenvalue weighted by Gasteiger charge is -2.24. The Morgan fingerprint density at radius 2 is 1.08 bits per heavy atom. The highest BCUT2D eigenvalue weighted by atomic mass is 35.9. The van der Waals surface area contributed by atoms with Crippen LogP contribution in [-0.2, 0) is 23.7 Å². The second-order valence-electron chi connectivity index (χ2n) is 5.42. The summed E-state index contributed by atoms with van der Waals surface area (Å²) in [6.45, 7) is 0.701. The van der Waals surface area contributed by atoms with Gasteiger partial charge in [0.1, 0.15) is 0 Å². The first-order chi connectivity index (χ1) is 11.7. The van der Waals surface area contributed by atoms with Gasteiger partial charge in [0.15, 0.2) is 0 Å². The van der Waals surface area contributed by atoms with E-state index in [1.54, 1.807) is 0 Å². The van der Waals surface area contributed by atoms with E-state index in [1.165, 1.54) is 29.0 Å². The molecular weight excluding hydrogens is 392 g/mol. The smallest absolute Gasteiger partial charge is 0.275 e. The minimum atomic E-state index is -3.59. The maximum absolute atomic E-state index is 12.0. The van der Waals surface area contributed by atoms with Crippen LogP contribution < -0.4 is 0 Å². The summed E-state index contributed by atoms with van der Waals surface area (Å²) in [4.78, 5) is 48.0. The zero-order valence-electron chi connectivity index (χ0n) is 13.1. The van der Waals surface area contributed by atoms with Crippen LogP contribution >= 0.6 is 28.5 Å². The predicted molar refractivity (Wildman–Crippen MR) is 91.8 cm³/mol. The Morgan fingerprint density at radius 1 is 0.760 bits per heavy atom. The summed E-state index contributed by atoms with van der Waals surface area (Å²) in [6, 6.07) is 0. The summed E-state index contributed by atoms with van der Waals surface area (Å²) in [5, 5.41) is 0. The first-order valence-electron chi connectivity index (χ1n) is 7.52. The number of imide groups is 2. The van der Waals surface area contributed by atoms with Crippen LogP contribution in [0.2, 0.25) is 0 Å². The molecule has 0 atom stereocenters. The van der Waals surface area contributed by atoms with Crippen molar-refractivity contribution in [3.05, 3.63) is 24.3 Å². The molecule has 0 N–H and O–H groups in total. The van der Waals surface area contributed by atoms with E-state index in [-0.39, 0.29) is 26.2 Å². The molecule has 0 saturated carbocycles. The summed E-state index contributed by atoms with van der Waals surface area (Å²) in [6.07, 6.45) is 5.42. The van der Waals surface area contributed by atoms with Crippen molar-refractivity contribution in [2.24, 2.45) is 0 Å². The van der Waals surface area contributed by atoms with E-state index in [1.807, 2.05) is 0 Å². The van der Waals surface area contributed by atoms with Gasteiger partial charge in [-0.15, -0.1) is 0 Å². The Balaban J connectivity index is 1.80. The van der Waals surface area contributed by atoms with Crippen molar-refractivity contribution < 1.29 is 23.7 Å². The molecule has 0 bridgehead atoms. The maximum Gasteiger partial charge on any atom is 0.322 e. The van der Waals surface area contributed by atoms with Crippen molar-refractivity contribution in [2.45, 2.75) is 12.8 Å². The van der Waals surface area contributed by atoms with Gasteiger partial charge in [-0.1, -0.05) is 0 Å². The van der Waals surface area contributed by atoms with Crippen LogP contribution in [0.25, 0.3) is 0 Å². The Kier molecular flexibility index (Phi) is 6.57. The first kappa shape index (κ1) is 19.8. The first-order valence-corrected chi connectivity index (χ1v) is 11.0. The number of halogens is 2. The van der Waals surface area contributed by atoms with Crippen molar-refractivity contribution in [1.82, 2.24) is 14.5 Å². The molecule has 0 aromatic rings. The van der Waals surface area contributed by atoms with Gasteiger partial charge < -0.3 is 0 Å². The largest absolute Gasteiger partial charge is 0.322 e. The molecule has 2 aliphatic rings. The predicted octanol–water partition coefficient (Wildman–Crippen LogP) is 1.50. The van der Waals surface area contributed by atoms with Gasteiger partial charge in [0.05, 0.1) is 0 Å². The maximum atomic E-state index is 12.0. The van der Waals surface area contributed by atoms with Gasteiger partial charge in [0.2, 0.25) is 0 Å². The van der Waals surface area contributed by atoms with Gasteiger partial charge in [0.25, 0.3) is 23.6 Å². The average molecular weight is 408 g/mol. The van der Waals surface area contributed by atoms with Gasteiger partial charge in [-0.05, 0) is 35.3 Å². The van der Waals surface area contributed by atoms with Gasteiger partial charge in [-0.25, -0.2) is 4.67 Å². The lowest BCUT2D eigenvalue weighted by atomic mass is 10.3. The zero-order chi connectivity index (χ0) is 18.6. The number of rotatable bonds is 9. The lowest BCUT2D eigenvalue weighted by Crippen LogP contribution is -2.34. The quantitative estimate of drug-likeness (QED) is 0.424. The molecule has 136 valence electrons. The topological polar surface area (TPSA) is 95.1 Å². The van der Waals surface area contributed by atoms with E-state index in [0.717, 1.165) is 9.80 Å². The molecule has 0 aliphatic carbocycles. The number of hydrogen-bond donors (Lipinski definition) is 0. The second kappa shape index (κ2) is 8.27. The lowest BCUT2D eigenvalue weighted by molar-refractivity contribution is -0.138. The van der Waals surface area contributed by atoms with Crippen LogP contribution in [0.3, 0.4) is 0 Å². The van der Waals surface area contributed by atoms with Crippen LogP contribution in [-0.4, -0.2) is 64.3 Å². The van der Waals surface area contributed by atoms with E-state index < -0.39 is 29.6 Å². The molecular formula is C14H16Cl2N3O5P. The van der Waals surface area contributed by atoms with Crippen LogP contribution in [0.15, 0.2) is 24.3 Å². The standard InChI is InChI=1S/C14H16Cl2N3O5P/c15-25(16,24)17(7-1-9-18-11(20)3-4-12(18)21)8-2-10-19-13(22)5-6-14(19)23/h3-6H,1-2,7-10H2. The number of carbonyl (C=O) groups excluding carboxylic acids is 4. The van der Waals surface area contributed by atoms with Crippen LogP contribution in [0, 0.1) is 0 Å². The van der Waals surface area contributed by atoms with Gasteiger partial charge in [0, 0.05) is 50.5 Å². The minimum absolute atomic E-state index is 0.155. The third kappa shape index (κ3) is 5.25. The Bertz CT molecular complexity index is 619. The van der Waals surface area contributed by atoms with E-state index in [2.05, 4.69) is 0 Å². The molecule has 0 radical (unpaired) electrons. The average Bonchev–Trinajstić information content (AvgIpc) is 3.01. The zero-order valence-corrected chi connectivity index (χ0v) is 15.5. The second-order valence-corrected chi connectivity index (χ2v) is 10.1. The fourth-order valence-corrected chi connectivity index (χ4v) is 4.13. The summed E-state index contributed by atoms with van der Waals surface area (Å²) in [7, 11) is 0.